The summed E-state index contributed by atoms with van der Waals surface area (Å²) in [5, 5.41) is 0. The quantitative estimate of drug-likeness (QED) is 0.407. The van der Waals surface area contributed by atoms with Gasteiger partial charge in [0.05, 0.1) is 0 Å². The molecule has 0 radical (unpaired) electrons. The third-order valence-corrected chi connectivity index (χ3v) is 3.18. The second-order valence-electron chi connectivity index (χ2n) is 1.98. The highest BCUT2D eigenvalue weighted by molar-refractivity contribution is 7.97. The van der Waals surface area contributed by atoms with Gasteiger partial charge in [-0.3, -0.25) is 0 Å². The van der Waals surface area contributed by atoms with E-state index in [4.69, 9.17) is 0 Å². The smallest absolute Gasteiger partial charge is 0.0985 e. The van der Waals surface area contributed by atoms with Crippen LogP contribution in [0.2, 0.25) is 0 Å². The first-order valence-electron chi connectivity index (χ1n) is 3.32. The Morgan fingerprint density at radius 2 is 1.10 bits per heavy atom. The third-order valence-electron chi connectivity index (χ3n) is 1.06. The topological polar surface area (TPSA) is 0 Å². The Bertz CT molecular complexity index is 92.1. The Hall–Kier alpha value is -0.430. The molecule has 0 saturated carbocycles. The van der Waals surface area contributed by atoms with Gasteiger partial charge >= 0.3 is 0 Å². The Morgan fingerprint density at radius 1 is 0.800 bits per heavy atom. The SMILES string of the molecule is C=CC[S+](CC=C)CC=C. The minimum absolute atomic E-state index is 0.421. The van der Waals surface area contributed by atoms with Crippen LogP contribution in [-0.2, 0) is 10.9 Å². The van der Waals surface area contributed by atoms with Crippen LogP contribution in [0.4, 0.5) is 0 Å². The average molecular weight is 155 g/mol. The first kappa shape index (κ1) is 9.57. The van der Waals surface area contributed by atoms with Gasteiger partial charge in [0.1, 0.15) is 17.3 Å². The maximum Gasteiger partial charge on any atom is 0.126 e. The van der Waals surface area contributed by atoms with Crippen LogP contribution in [0.3, 0.4) is 0 Å². The molecule has 10 heavy (non-hydrogen) atoms. The van der Waals surface area contributed by atoms with Crippen molar-refractivity contribution >= 4 is 10.9 Å². The van der Waals surface area contributed by atoms with E-state index in [-0.39, 0.29) is 0 Å². The predicted molar refractivity (Wildman–Crippen MR) is 52.6 cm³/mol. The second kappa shape index (κ2) is 6.69. The fourth-order valence-corrected chi connectivity index (χ4v) is 2.11. The first-order chi connectivity index (χ1) is 4.85. The summed E-state index contributed by atoms with van der Waals surface area (Å²) in [5.41, 5.74) is 0. The summed E-state index contributed by atoms with van der Waals surface area (Å²) in [7, 11) is 0.421. The van der Waals surface area contributed by atoms with Gasteiger partial charge in [-0.15, -0.1) is 0 Å². The Kier molecular flexibility index (Phi) is 6.40. The Morgan fingerprint density at radius 3 is 1.30 bits per heavy atom. The number of hydrogen-bond donors (Lipinski definition) is 0. The molecule has 0 saturated heterocycles. The van der Waals surface area contributed by atoms with E-state index in [1.54, 1.807) is 0 Å². The van der Waals surface area contributed by atoms with Gasteiger partial charge in [0.15, 0.2) is 0 Å². The predicted octanol–water partition coefficient (Wildman–Crippen LogP) is 2.16. The lowest BCUT2D eigenvalue weighted by molar-refractivity contribution is 1.62. The van der Waals surface area contributed by atoms with Crippen molar-refractivity contribution in [3.63, 3.8) is 0 Å². The van der Waals surface area contributed by atoms with Crippen LogP contribution in [0.5, 0.6) is 0 Å². The molecule has 0 amide bonds. The standard InChI is InChI=1S/C9H15S/c1-4-7-10(8-5-2)9-6-3/h4-6H,1-3,7-9H2/q+1. The van der Waals surface area contributed by atoms with Gasteiger partial charge in [-0.1, -0.05) is 19.7 Å². The van der Waals surface area contributed by atoms with Crippen molar-refractivity contribution in [3.8, 4) is 0 Å². The van der Waals surface area contributed by atoms with Gasteiger partial charge < -0.3 is 0 Å². The second-order valence-corrected chi connectivity index (χ2v) is 4.20. The first-order valence-corrected chi connectivity index (χ1v) is 5.05. The van der Waals surface area contributed by atoms with Crippen molar-refractivity contribution in [1.29, 1.82) is 0 Å². The largest absolute Gasteiger partial charge is 0.126 e. The molecular weight excluding hydrogens is 140 g/mol. The van der Waals surface area contributed by atoms with Crippen LogP contribution >= 0.6 is 0 Å². The van der Waals surface area contributed by atoms with E-state index in [0.717, 1.165) is 17.3 Å². The van der Waals surface area contributed by atoms with E-state index in [1.165, 1.54) is 0 Å². The Labute approximate surface area is 66.7 Å². The van der Waals surface area contributed by atoms with Crippen molar-refractivity contribution < 1.29 is 0 Å². The lowest BCUT2D eigenvalue weighted by Crippen LogP contribution is -2.11. The summed E-state index contributed by atoms with van der Waals surface area (Å²) in [4.78, 5) is 0. The molecule has 0 atom stereocenters. The maximum absolute atomic E-state index is 3.70. The van der Waals surface area contributed by atoms with Gasteiger partial charge in [-0.2, -0.15) is 0 Å². The van der Waals surface area contributed by atoms with Crippen LogP contribution in [0, 0.1) is 0 Å². The minimum atomic E-state index is 0.421. The normalized spacial score (nSPS) is 9.30. The summed E-state index contributed by atoms with van der Waals surface area (Å²) >= 11 is 0. The fraction of sp³-hybridized carbons (Fsp3) is 0.333. The van der Waals surface area contributed by atoms with Crippen molar-refractivity contribution in [2.75, 3.05) is 17.3 Å². The monoisotopic (exact) mass is 155 g/mol. The molecule has 0 bridgehead atoms. The zero-order valence-corrected chi connectivity index (χ0v) is 7.20. The van der Waals surface area contributed by atoms with Gasteiger partial charge in [-0.25, -0.2) is 0 Å². The molecular formula is C9H15S+. The summed E-state index contributed by atoms with van der Waals surface area (Å²) in [6.07, 6.45) is 5.91. The van der Waals surface area contributed by atoms with Gasteiger partial charge in [-0.05, 0) is 29.1 Å². The van der Waals surface area contributed by atoms with Crippen molar-refractivity contribution in [3.05, 3.63) is 38.0 Å². The highest BCUT2D eigenvalue weighted by atomic mass is 32.2. The van der Waals surface area contributed by atoms with Crippen LogP contribution in [-0.4, -0.2) is 17.3 Å². The highest BCUT2D eigenvalue weighted by Gasteiger charge is 2.09. The van der Waals surface area contributed by atoms with Crippen LogP contribution < -0.4 is 0 Å². The lowest BCUT2D eigenvalue weighted by atomic mass is 10.7. The summed E-state index contributed by atoms with van der Waals surface area (Å²) < 4.78 is 0. The Balaban J connectivity index is 3.58. The molecule has 56 valence electrons. The van der Waals surface area contributed by atoms with E-state index in [0.29, 0.717) is 10.9 Å². The molecule has 0 aromatic rings. The van der Waals surface area contributed by atoms with E-state index in [2.05, 4.69) is 19.7 Å². The van der Waals surface area contributed by atoms with Crippen LogP contribution in [0.25, 0.3) is 0 Å². The number of rotatable bonds is 6. The molecule has 0 N–H and O–H groups in total. The summed E-state index contributed by atoms with van der Waals surface area (Å²) in [6.45, 7) is 11.1. The van der Waals surface area contributed by atoms with E-state index in [9.17, 15) is 0 Å². The lowest BCUT2D eigenvalue weighted by Gasteiger charge is -1.98. The molecule has 0 rings (SSSR count). The molecule has 1 heteroatoms. The summed E-state index contributed by atoms with van der Waals surface area (Å²) in [6, 6.07) is 0. The zero-order valence-electron chi connectivity index (χ0n) is 6.38. The van der Waals surface area contributed by atoms with Gasteiger partial charge in [0, 0.05) is 0 Å². The molecule has 0 aliphatic rings. The van der Waals surface area contributed by atoms with Gasteiger partial charge in [0.2, 0.25) is 0 Å². The third kappa shape index (κ3) is 4.45. The molecule has 0 nitrogen and oxygen atoms in total. The molecule has 0 unspecified atom stereocenters. The van der Waals surface area contributed by atoms with E-state index >= 15 is 0 Å². The number of hydrogen-bond acceptors (Lipinski definition) is 0. The zero-order chi connectivity index (χ0) is 7.82. The maximum atomic E-state index is 3.70. The molecule has 0 aliphatic heterocycles. The molecule has 0 aromatic carbocycles. The minimum Gasteiger partial charge on any atom is -0.0985 e. The van der Waals surface area contributed by atoms with Crippen molar-refractivity contribution in [2.45, 2.75) is 0 Å². The summed E-state index contributed by atoms with van der Waals surface area (Å²) in [5.74, 6) is 3.29. The van der Waals surface area contributed by atoms with Gasteiger partial charge in [0.25, 0.3) is 0 Å². The molecule has 0 fully saturated rings. The molecule has 0 heterocycles. The van der Waals surface area contributed by atoms with Crippen molar-refractivity contribution in [1.82, 2.24) is 0 Å². The highest BCUT2D eigenvalue weighted by Crippen LogP contribution is 1.97. The van der Waals surface area contributed by atoms with E-state index < -0.39 is 0 Å². The van der Waals surface area contributed by atoms with Crippen LogP contribution in [0.1, 0.15) is 0 Å². The van der Waals surface area contributed by atoms with E-state index in [1.807, 2.05) is 18.2 Å². The molecule has 0 aromatic heterocycles. The van der Waals surface area contributed by atoms with Crippen LogP contribution in [0.15, 0.2) is 38.0 Å². The average Bonchev–Trinajstić information content (AvgIpc) is 1.90. The molecule has 0 spiro atoms. The molecule has 0 aliphatic carbocycles. The fourth-order valence-electron chi connectivity index (χ4n) is 0.704. The van der Waals surface area contributed by atoms with Crippen molar-refractivity contribution in [2.24, 2.45) is 0 Å².